The van der Waals surface area contributed by atoms with E-state index in [0.717, 1.165) is 0 Å². The number of hydrogen-bond donors (Lipinski definition) is 1. The Morgan fingerprint density at radius 3 is 2.45 bits per heavy atom. The molecule has 1 aliphatic heterocycles. The number of ether oxygens (including phenoxy) is 4. The molecule has 2 amide bonds. The zero-order chi connectivity index (χ0) is 24.0. The van der Waals surface area contributed by atoms with E-state index in [9.17, 15) is 14.4 Å². The van der Waals surface area contributed by atoms with Crippen LogP contribution in [0.4, 0.5) is 5.69 Å². The van der Waals surface area contributed by atoms with Crippen LogP contribution in [-0.2, 0) is 19.1 Å². The van der Waals surface area contributed by atoms with Crippen molar-refractivity contribution in [2.75, 3.05) is 39.9 Å². The van der Waals surface area contributed by atoms with Gasteiger partial charge >= 0.3 is 5.97 Å². The lowest BCUT2D eigenvalue weighted by Gasteiger charge is -2.22. The standard InChI is InChI=1S/C24H28N2O7/c1-30-18-7-5-6-17(12-18)26-14-16(11-22(26)27)24(29)25-19(13-23(28)33-4)15-8-9-20(31-2)21(10-15)32-3/h5-10,12,16,19H,11,13-14H2,1-4H3,(H,25,29). The molecule has 0 radical (unpaired) electrons. The molecule has 0 aliphatic carbocycles. The lowest BCUT2D eigenvalue weighted by atomic mass is 10.0. The van der Waals surface area contributed by atoms with Gasteiger partial charge in [-0.15, -0.1) is 0 Å². The molecule has 2 aromatic carbocycles. The molecule has 1 saturated heterocycles. The van der Waals surface area contributed by atoms with E-state index < -0.39 is 17.9 Å². The Kier molecular flexibility index (Phi) is 7.76. The summed E-state index contributed by atoms with van der Waals surface area (Å²) >= 11 is 0. The number of nitrogens with one attached hydrogen (secondary N) is 1. The molecule has 1 heterocycles. The number of carbonyl (C=O) groups is 3. The third-order valence-electron chi connectivity index (χ3n) is 5.59. The summed E-state index contributed by atoms with van der Waals surface area (Å²) in [6.07, 6.45) is -0.00207. The van der Waals surface area contributed by atoms with Crippen LogP contribution in [0.3, 0.4) is 0 Å². The van der Waals surface area contributed by atoms with E-state index in [4.69, 9.17) is 18.9 Å². The maximum absolute atomic E-state index is 13.1. The van der Waals surface area contributed by atoms with Crippen molar-refractivity contribution in [1.82, 2.24) is 5.32 Å². The molecule has 9 nitrogen and oxygen atoms in total. The fraction of sp³-hybridized carbons (Fsp3) is 0.375. The van der Waals surface area contributed by atoms with Gasteiger partial charge in [0.05, 0.1) is 46.8 Å². The van der Waals surface area contributed by atoms with Gasteiger partial charge in [-0.2, -0.15) is 0 Å². The molecule has 2 unspecified atom stereocenters. The summed E-state index contributed by atoms with van der Waals surface area (Å²) in [6.45, 7) is 0.231. The Morgan fingerprint density at radius 2 is 1.79 bits per heavy atom. The number of nitrogens with zero attached hydrogens (tertiary/aromatic N) is 1. The Balaban J connectivity index is 1.78. The minimum atomic E-state index is -0.661. The first kappa shape index (κ1) is 23.9. The van der Waals surface area contributed by atoms with E-state index in [-0.39, 0.29) is 31.2 Å². The van der Waals surface area contributed by atoms with Gasteiger partial charge in [0, 0.05) is 24.7 Å². The summed E-state index contributed by atoms with van der Waals surface area (Å²) in [5, 5.41) is 2.90. The quantitative estimate of drug-likeness (QED) is 0.578. The maximum atomic E-state index is 13.1. The number of hydrogen-bond acceptors (Lipinski definition) is 7. The number of anilines is 1. The second-order valence-corrected chi connectivity index (χ2v) is 7.56. The SMILES string of the molecule is COC(=O)CC(NC(=O)C1CC(=O)N(c2cccc(OC)c2)C1)c1ccc(OC)c(OC)c1. The van der Waals surface area contributed by atoms with Gasteiger partial charge in [-0.3, -0.25) is 14.4 Å². The highest BCUT2D eigenvalue weighted by Crippen LogP contribution is 2.32. The van der Waals surface area contributed by atoms with Crippen molar-refractivity contribution in [3.8, 4) is 17.2 Å². The van der Waals surface area contributed by atoms with Crippen LogP contribution in [0.25, 0.3) is 0 Å². The number of methoxy groups -OCH3 is 4. The van der Waals surface area contributed by atoms with Crippen LogP contribution >= 0.6 is 0 Å². The van der Waals surface area contributed by atoms with Crippen LogP contribution < -0.4 is 24.4 Å². The molecule has 2 atom stereocenters. The van der Waals surface area contributed by atoms with Crippen LogP contribution in [0.5, 0.6) is 17.2 Å². The predicted octanol–water partition coefficient (Wildman–Crippen LogP) is 2.49. The molecule has 2 aromatic rings. The van der Waals surface area contributed by atoms with Gasteiger partial charge in [-0.1, -0.05) is 12.1 Å². The molecular formula is C24H28N2O7. The zero-order valence-electron chi connectivity index (χ0n) is 19.1. The number of esters is 1. The van der Waals surface area contributed by atoms with Crippen LogP contribution in [0.15, 0.2) is 42.5 Å². The van der Waals surface area contributed by atoms with Crippen molar-refractivity contribution in [2.45, 2.75) is 18.9 Å². The average Bonchev–Trinajstić information content (AvgIpc) is 3.24. The molecule has 1 aliphatic rings. The van der Waals surface area contributed by atoms with E-state index >= 15 is 0 Å². The van der Waals surface area contributed by atoms with Crippen molar-refractivity contribution in [3.05, 3.63) is 48.0 Å². The van der Waals surface area contributed by atoms with Crippen molar-refractivity contribution in [1.29, 1.82) is 0 Å². The van der Waals surface area contributed by atoms with Crippen molar-refractivity contribution in [2.24, 2.45) is 5.92 Å². The molecule has 3 rings (SSSR count). The van der Waals surface area contributed by atoms with E-state index in [2.05, 4.69) is 5.32 Å². The zero-order valence-corrected chi connectivity index (χ0v) is 19.1. The first-order valence-electron chi connectivity index (χ1n) is 10.4. The molecular weight excluding hydrogens is 428 g/mol. The summed E-state index contributed by atoms with van der Waals surface area (Å²) in [4.78, 5) is 39.3. The summed E-state index contributed by atoms with van der Waals surface area (Å²) in [7, 11) is 5.87. The molecule has 0 saturated carbocycles. The molecule has 0 spiro atoms. The molecule has 1 N–H and O–H groups in total. The number of carbonyl (C=O) groups excluding carboxylic acids is 3. The largest absolute Gasteiger partial charge is 0.497 e. The lowest BCUT2D eigenvalue weighted by Crippen LogP contribution is -2.36. The second-order valence-electron chi connectivity index (χ2n) is 7.56. The van der Waals surface area contributed by atoms with Crippen molar-refractivity contribution < 1.29 is 33.3 Å². The minimum Gasteiger partial charge on any atom is -0.497 e. The molecule has 9 heteroatoms. The Hall–Kier alpha value is -3.75. The highest BCUT2D eigenvalue weighted by Gasteiger charge is 2.36. The highest BCUT2D eigenvalue weighted by atomic mass is 16.5. The van der Waals surface area contributed by atoms with E-state index in [1.807, 2.05) is 0 Å². The fourth-order valence-electron chi connectivity index (χ4n) is 3.77. The van der Waals surface area contributed by atoms with Gasteiger partial charge in [0.15, 0.2) is 11.5 Å². The Labute approximate surface area is 192 Å². The summed E-state index contributed by atoms with van der Waals surface area (Å²) < 4.78 is 20.6. The number of rotatable bonds is 9. The molecule has 176 valence electrons. The van der Waals surface area contributed by atoms with Crippen LogP contribution in [-0.4, -0.2) is 52.8 Å². The van der Waals surface area contributed by atoms with Gasteiger partial charge in [0.25, 0.3) is 0 Å². The van der Waals surface area contributed by atoms with Crippen LogP contribution in [0.2, 0.25) is 0 Å². The van der Waals surface area contributed by atoms with E-state index in [0.29, 0.717) is 28.5 Å². The predicted molar refractivity (Wildman–Crippen MR) is 121 cm³/mol. The van der Waals surface area contributed by atoms with Gasteiger partial charge in [-0.05, 0) is 29.8 Å². The Bertz CT molecular complexity index is 1020. The second kappa shape index (κ2) is 10.7. The normalized spacial score (nSPS) is 16.2. The van der Waals surface area contributed by atoms with E-state index in [1.165, 1.54) is 21.3 Å². The van der Waals surface area contributed by atoms with E-state index in [1.54, 1.807) is 54.5 Å². The van der Waals surface area contributed by atoms with Gasteiger partial charge in [0.1, 0.15) is 5.75 Å². The maximum Gasteiger partial charge on any atom is 0.307 e. The molecule has 33 heavy (non-hydrogen) atoms. The highest BCUT2D eigenvalue weighted by molar-refractivity contribution is 6.00. The summed E-state index contributed by atoms with van der Waals surface area (Å²) in [5.74, 6) is 0.106. The van der Waals surface area contributed by atoms with Crippen LogP contribution in [0, 0.1) is 5.92 Å². The lowest BCUT2D eigenvalue weighted by molar-refractivity contribution is -0.141. The Morgan fingerprint density at radius 1 is 1.03 bits per heavy atom. The van der Waals surface area contributed by atoms with Crippen LogP contribution in [0.1, 0.15) is 24.4 Å². The fourth-order valence-corrected chi connectivity index (χ4v) is 3.77. The molecule has 0 bridgehead atoms. The van der Waals surface area contributed by atoms with Gasteiger partial charge in [-0.25, -0.2) is 0 Å². The van der Waals surface area contributed by atoms with Crippen molar-refractivity contribution >= 4 is 23.5 Å². The molecule has 0 aromatic heterocycles. The monoisotopic (exact) mass is 456 g/mol. The summed E-state index contributed by atoms with van der Waals surface area (Å²) in [5.41, 5.74) is 1.32. The third-order valence-corrected chi connectivity index (χ3v) is 5.59. The molecule has 1 fully saturated rings. The topological polar surface area (TPSA) is 103 Å². The van der Waals surface area contributed by atoms with Gasteiger partial charge < -0.3 is 29.2 Å². The van der Waals surface area contributed by atoms with Crippen molar-refractivity contribution in [3.63, 3.8) is 0 Å². The number of amides is 2. The van der Waals surface area contributed by atoms with Gasteiger partial charge in [0.2, 0.25) is 11.8 Å². The first-order valence-corrected chi connectivity index (χ1v) is 10.4. The smallest absolute Gasteiger partial charge is 0.307 e. The average molecular weight is 456 g/mol. The summed E-state index contributed by atoms with van der Waals surface area (Å²) in [6, 6.07) is 11.6. The number of benzene rings is 2. The minimum absolute atomic E-state index is 0.0694. The first-order chi connectivity index (χ1) is 15.9. The third kappa shape index (κ3) is 5.54.